The lowest BCUT2D eigenvalue weighted by Crippen LogP contribution is -2.53. The van der Waals surface area contributed by atoms with Crippen LogP contribution in [0.3, 0.4) is 0 Å². The molecule has 1 aliphatic heterocycles. The van der Waals surface area contributed by atoms with Crippen molar-refractivity contribution in [3.8, 4) is 5.75 Å². The minimum absolute atomic E-state index is 0.0551. The number of carboxylic acid groups (broad SMARTS) is 1. The van der Waals surface area contributed by atoms with Crippen LogP contribution >= 0.6 is 11.6 Å². The molecule has 1 aromatic carbocycles. The molecule has 1 aromatic rings. The van der Waals surface area contributed by atoms with Gasteiger partial charge in [0.15, 0.2) is 6.61 Å². The van der Waals surface area contributed by atoms with Crippen molar-refractivity contribution in [3.05, 3.63) is 29.3 Å². The number of likely N-dealkylation sites (tertiary alicyclic amines) is 1. The van der Waals surface area contributed by atoms with E-state index in [0.717, 1.165) is 12.8 Å². The molecule has 1 heterocycles. The van der Waals surface area contributed by atoms with Crippen LogP contribution in [0.1, 0.15) is 19.8 Å². The van der Waals surface area contributed by atoms with Gasteiger partial charge in [0, 0.05) is 6.54 Å². The number of hydrogen-bond donors (Lipinski definition) is 1. The average molecular weight is 312 g/mol. The van der Waals surface area contributed by atoms with Gasteiger partial charge in [-0.05, 0) is 30.9 Å². The van der Waals surface area contributed by atoms with Crippen LogP contribution in [-0.4, -0.2) is 41.1 Å². The standard InChI is InChI=1S/C15H18ClNO4/c1-10-5-4-8-17(14(10)15(19)20)13(18)9-21-12-7-3-2-6-11(12)16/h2-3,6-7,10,14H,4-5,8-9H2,1H3,(H,19,20). The van der Waals surface area contributed by atoms with Crippen LogP contribution in [0.5, 0.6) is 5.75 Å². The van der Waals surface area contributed by atoms with E-state index < -0.39 is 12.0 Å². The van der Waals surface area contributed by atoms with Gasteiger partial charge in [0.1, 0.15) is 11.8 Å². The Morgan fingerprint density at radius 1 is 1.43 bits per heavy atom. The number of carbonyl (C=O) groups excluding carboxylic acids is 1. The van der Waals surface area contributed by atoms with Crippen molar-refractivity contribution in [1.29, 1.82) is 0 Å². The lowest BCUT2D eigenvalue weighted by Gasteiger charge is -2.37. The number of hydrogen-bond acceptors (Lipinski definition) is 3. The zero-order chi connectivity index (χ0) is 15.4. The number of halogens is 1. The van der Waals surface area contributed by atoms with Crippen molar-refractivity contribution < 1.29 is 19.4 Å². The van der Waals surface area contributed by atoms with Gasteiger partial charge in [0.05, 0.1) is 5.02 Å². The Balaban J connectivity index is 2.02. The molecule has 0 bridgehead atoms. The molecule has 0 aliphatic carbocycles. The lowest BCUT2D eigenvalue weighted by molar-refractivity contribution is -0.155. The molecule has 1 saturated heterocycles. The number of rotatable bonds is 4. The number of amides is 1. The molecule has 2 atom stereocenters. The van der Waals surface area contributed by atoms with Gasteiger partial charge in [-0.1, -0.05) is 30.7 Å². The van der Waals surface area contributed by atoms with Crippen LogP contribution < -0.4 is 4.74 Å². The second-order valence-corrected chi connectivity index (χ2v) is 5.62. The number of carboxylic acids is 1. The maximum atomic E-state index is 12.2. The number of carbonyl (C=O) groups is 2. The summed E-state index contributed by atoms with van der Waals surface area (Å²) in [7, 11) is 0. The third-order valence-electron chi connectivity index (χ3n) is 3.69. The highest BCUT2D eigenvalue weighted by Gasteiger charge is 2.37. The van der Waals surface area contributed by atoms with E-state index in [0.29, 0.717) is 17.3 Å². The number of benzene rings is 1. The first-order chi connectivity index (χ1) is 10.0. The number of para-hydroxylation sites is 1. The van der Waals surface area contributed by atoms with Crippen molar-refractivity contribution in [2.75, 3.05) is 13.2 Å². The maximum absolute atomic E-state index is 12.2. The molecule has 1 amide bonds. The van der Waals surface area contributed by atoms with Gasteiger partial charge < -0.3 is 14.7 Å². The summed E-state index contributed by atoms with van der Waals surface area (Å²) < 4.78 is 5.40. The summed E-state index contributed by atoms with van der Waals surface area (Å²) in [6, 6.07) is 6.09. The van der Waals surface area contributed by atoms with E-state index in [1.54, 1.807) is 24.3 Å². The monoisotopic (exact) mass is 311 g/mol. The Labute approximate surface area is 128 Å². The molecule has 5 nitrogen and oxygen atoms in total. The fourth-order valence-electron chi connectivity index (χ4n) is 2.63. The SMILES string of the molecule is CC1CCCN(C(=O)COc2ccccc2Cl)C1C(=O)O. The Morgan fingerprint density at radius 3 is 2.81 bits per heavy atom. The molecule has 0 aromatic heterocycles. The van der Waals surface area contributed by atoms with E-state index in [9.17, 15) is 14.7 Å². The zero-order valence-corrected chi connectivity index (χ0v) is 12.5. The van der Waals surface area contributed by atoms with Crippen molar-refractivity contribution in [3.63, 3.8) is 0 Å². The average Bonchev–Trinajstić information content (AvgIpc) is 2.45. The lowest BCUT2D eigenvalue weighted by atomic mass is 9.91. The Morgan fingerprint density at radius 2 is 2.14 bits per heavy atom. The zero-order valence-electron chi connectivity index (χ0n) is 11.8. The summed E-state index contributed by atoms with van der Waals surface area (Å²) in [5.41, 5.74) is 0. The first kappa shape index (κ1) is 15.6. The van der Waals surface area contributed by atoms with E-state index in [-0.39, 0.29) is 18.4 Å². The third kappa shape index (κ3) is 3.67. The highest BCUT2D eigenvalue weighted by molar-refractivity contribution is 6.32. The van der Waals surface area contributed by atoms with Crippen molar-refractivity contribution in [1.82, 2.24) is 4.90 Å². The molecular formula is C15H18ClNO4. The van der Waals surface area contributed by atoms with E-state index in [2.05, 4.69) is 0 Å². The minimum Gasteiger partial charge on any atom is -0.482 e. The summed E-state index contributed by atoms with van der Waals surface area (Å²) in [6.07, 6.45) is 1.62. The Hall–Kier alpha value is -1.75. The second-order valence-electron chi connectivity index (χ2n) is 5.21. The van der Waals surface area contributed by atoms with Crippen molar-refractivity contribution in [2.24, 2.45) is 5.92 Å². The molecule has 0 radical (unpaired) electrons. The van der Waals surface area contributed by atoms with Crippen molar-refractivity contribution in [2.45, 2.75) is 25.8 Å². The first-order valence-corrected chi connectivity index (χ1v) is 7.28. The molecule has 0 spiro atoms. The van der Waals surface area contributed by atoms with Gasteiger partial charge in [-0.2, -0.15) is 0 Å². The quantitative estimate of drug-likeness (QED) is 0.927. The van der Waals surface area contributed by atoms with Gasteiger partial charge >= 0.3 is 5.97 Å². The van der Waals surface area contributed by atoms with Crippen LogP contribution in [0.15, 0.2) is 24.3 Å². The maximum Gasteiger partial charge on any atom is 0.326 e. The second kappa shape index (κ2) is 6.80. The van der Waals surface area contributed by atoms with Crippen LogP contribution in [0.25, 0.3) is 0 Å². The fourth-order valence-corrected chi connectivity index (χ4v) is 2.82. The minimum atomic E-state index is -0.965. The van der Waals surface area contributed by atoms with Gasteiger partial charge in [0.25, 0.3) is 5.91 Å². The molecule has 21 heavy (non-hydrogen) atoms. The third-order valence-corrected chi connectivity index (χ3v) is 4.01. The van der Waals surface area contributed by atoms with Gasteiger partial charge in [-0.25, -0.2) is 4.79 Å². The Kier molecular flexibility index (Phi) is 5.07. The predicted octanol–water partition coefficient (Wildman–Crippen LogP) is 2.43. The molecule has 2 unspecified atom stereocenters. The van der Waals surface area contributed by atoms with E-state index in [1.165, 1.54) is 4.90 Å². The summed E-state index contributed by atoms with van der Waals surface area (Å²) in [4.78, 5) is 25.0. The largest absolute Gasteiger partial charge is 0.482 e. The number of aliphatic carboxylic acids is 1. The number of ether oxygens (including phenoxy) is 1. The Bertz CT molecular complexity index is 534. The molecular weight excluding hydrogens is 294 g/mol. The summed E-state index contributed by atoms with van der Waals surface area (Å²) in [6.45, 7) is 2.10. The normalized spacial score (nSPS) is 21.9. The predicted molar refractivity (Wildman–Crippen MR) is 78.5 cm³/mol. The first-order valence-electron chi connectivity index (χ1n) is 6.90. The molecule has 2 rings (SSSR count). The molecule has 1 aliphatic rings. The van der Waals surface area contributed by atoms with E-state index in [4.69, 9.17) is 16.3 Å². The van der Waals surface area contributed by atoms with Crippen LogP contribution in [0.4, 0.5) is 0 Å². The van der Waals surface area contributed by atoms with Gasteiger partial charge in [0.2, 0.25) is 0 Å². The topological polar surface area (TPSA) is 66.8 Å². The van der Waals surface area contributed by atoms with Gasteiger partial charge in [-0.15, -0.1) is 0 Å². The fraction of sp³-hybridized carbons (Fsp3) is 0.467. The van der Waals surface area contributed by atoms with Crippen LogP contribution in [-0.2, 0) is 9.59 Å². The summed E-state index contributed by atoms with van der Waals surface area (Å²) >= 11 is 5.95. The highest BCUT2D eigenvalue weighted by atomic mass is 35.5. The van der Waals surface area contributed by atoms with Crippen molar-refractivity contribution >= 4 is 23.5 Å². The van der Waals surface area contributed by atoms with Crippen LogP contribution in [0.2, 0.25) is 5.02 Å². The number of piperidine rings is 1. The molecule has 114 valence electrons. The summed E-state index contributed by atoms with van der Waals surface area (Å²) in [5, 5.41) is 9.72. The molecule has 0 saturated carbocycles. The molecule has 1 fully saturated rings. The molecule has 1 N–H and O–H groups in total. The van der Waals surface area contributed by atoms with Crippen LogP contribution in [0, 0.1) is 5.92 Å². The van der Waals surface area contributed by atoms with E-state index in [1.807, 2.05) is 6.92 Å². The highest BCUT2D eigenvalue weighted by Crippen LogP contribution is 2.25. The summed E-state index contributed by atoms with van der Waals surface area (Å²) in [5.74, 6) is -0.924. The van der Waals surface area contributed by atoms with E-state index >= 15 is 0 Å². The number of nitrogens with zero attached hydrogens (tertiary/aromatic N) is 1. The van der Waals surface area contributed by atoms with Gasteiger partial charge in [-0.3, -0.25) is 4.79 Å². The molecule has 6 heteroatoms. The smallest absolute Gasteiger partial charge is 0.326 e.